The van der Waals surface area contributed by atoms with Gasteiger partial charge >= 0.3 is 0 Å². The third kappa shape index (κ3) is 2.05. The number of methoxy groups -OCH3 is 2. The summed E-state index contributed by atoms with van der Waals surface area (Å²) in [6.07, 6.45) is 1.76. The first-order valence-electron chi connectivity index (χ1n) is 4.44. The summed E-state index contributed by atoms with van der Waals surface area (Å²) >= 11 is 0. The molecule has 1 aromatic carbocycles. The number of aryl methyl sites for hydroxylation is 1. The van der Waals surface area contributed by atoms with E-state index in [2.05, 4.69) is 4.99 Å². The molecule has 0 saturated carbocycles. The highest BCUT2D eigenvalue weighted by atomic mass is 16.5. The van der Waals surface area contributed by atoms with Gasteiger partial charge in [-0.1, -0.05) is 0 Å². The van der Waals surface area contributed by atoms with E-state index in [0.29, 0.717) is 5.75 Å². The van der Waals surface area contributed by atoms with E-state index in [9.17, 15) is 0 Å². The van der Waals surface area contributed by atoms with Gasteiger partial charge in [-0.05, 0) is 25.5 Å². The summed E-state index contributed by atoms with van der Waals surface area (Å²) in [5.41, 5.74) is 1.98. The van der Waals surface area contributed by atoms with Crippen LogP contribution in [0.1, 0.15) is 12.5 Å². The predicted molar refractivity (Wildman–Crippen MR) is 58.1 cm³/mol. The molecule has 0 N–H and O–H groups in total. The van der Waals surface area contributed by atoms with Crippen LogP contribution in [0.2, 0.25) is 0 Å². The molecule has 1 rings (SSSR count). The maximum atomic E-state index is 5.18. The molecule has 0 atom stereocenters. The Morgan fingerprint density at radius 3 is 2.21 bits per heavy atom. The molecule has 14 heavy (non-hydrogen) atoms. The molecule has 1 aromatic rings. The monoisotopic (exact) mass is 193 g/mol. The van der Waals surface area contributed by atoms with E-state index in [1.165, 1.54) is 0 Å². The molecule has 0 aliphatic heterocycles. The highest BCUT2D eigenvalue weighted by Gasteiger charge is 2.06. The Bertz CT molecular complexity index is 345. The van der Waals surface area contributed by atoms with Crippen molar-refractivity contribution in [1.82, 2.24) is 0 Å². The molecular weight excluding hydrogens is 178 g/mol. The molecule has 3 heteroatoms. The van der Waals surface area contributed by atoms with Gasteiger partial charge in [0.05, 0.1) is 19.9 Å². The fraction of sp³-hybridized carbons (Fsp3) is 0.364. The maximum Gasteiger partial charge on any atom is 0.162 e. The quantitative estimate of drug-likeness (QED) is 0.691. The molecule has 0 saturated heterocycles. The van der Waals surface area contributed by atoms with E-state index >= 15 is 0 Å². The zero-order valence-electron chi connectivity index (χ0n) is 9.00. The number of hydrogen-bond acceptors (Lipinski definition) is 3. The molecule has 3 nitrogen and oxygen atoms in total. The Morgan fingerprint density at radius 2 is 1.71 bits per heavy atom. The molecular formula is C11H15NO2. The lowest BCUT2D eigenvalue weighted by atomic mass is 10.2. The second kappa shape index (κ2) is 4.65. The van der Waals surface area contributed by atoms with Crippen LogP contribution in [-0.2, 0) is 0 Å². The Labute approximate surface area is 84.4 Å². The number of benzene rings is 1. The van der Waals surface area contributed by atoms with Crippen molar-refractivity contribution >= 4 is 11.9 Å². The minimum atomic E-state index is 0.707. The van der Waals surface area contributed by atoms with Gasteiger partial charge in [0.2, 0.25) is 0 Å². The fourth-order valence-corrected chi connectivity index (χ4v) is 1.25. The van der Waals surface area contributed by atoms with Gasteiger partial charge in [-0.3, -0.25) is 4.99 Å². The minimum Gasteiger partial charge on any atom is -0.493 e. The SMILES string of the molecule is CC=Nc1cc(OC)c(OC)cc1C. The summed E-state index contributed by atoms with van der Waals surface area (Å²) in [5, 5.41) is 0. The smallest absolute Gasteiger partial charge is 0.162 e. The van der Waals surface area contributed by atoms with E-state index in [4.69, 9.17) is 9.47 Å². The zero-order valence-corrected chi connectivity index (χ0v) is 9.00. The van der Waals surface area contributed by atoms with Crippen LogP contribution in [0.3, 0.4) is 0 Å². The van der Waals surface area contributed by atoms with Crippen molar-refractivity contribution in [3.05, 3.63) is 17.7 Å². The first-order valence-corrected chi connectivity index (χ1v) is 4.44. The molecule has 76 valence electrons. The third-order valence-electron chi connectivity index (χ3n) is 1.97. The summed E-state index contributed by atoms with van der Waals surface area (Å²) in [4.78, 5) is 4.23. The molecule has 0 aromatic heterocycles. The standard InChI is InChI=1S/C11H15NO2/c1-5-12-9-7-11(14-4)10(13-3)6-8(9)2/h5-7H,1-4H3. The van der Waals surface area contributed by atoms with Crippen molar-refractivity contribution in [2.24, 2.45) is 4.99 Å². The third-order valence-corrected chi connectivity index (χ3v) is 1.97. The van der Waals surface area contributed by atoms with Crippen LogP contribution in [0.25, 0.3) is 0 Å². The van der Waals surface area contributed by atoms with Gasteiger partial charge < -0.3 is 9.47 Å². The molecule has 0 bridgehead atoms. The number of rotatable bonds is 3. The molecule has 0 fully saturated rings. The van der Waals surface area contributed by atoms with Gasteiger partial charge in [0.1, 0.15) is 0 Å². The fourth-order valence-electron chi connectivity index (χ4n) is 1.25. The van der Waals surface area contributed by atoms with Crippen molar-refractivity contribution in [3.8, 4) is 11.5 Å². The van der Waals surface area contributed by atoms with Crippen LogP contribution in [-0.4, -0.2) is 20.4 Å². The summed E-state index contributed by atoms with van der Waals surface area (Å²) in [5.74, 6) is 1.44. The second-order valence-corrected chi connectivity index (χ2v) is 2.88. The van der Waals surface area contributed by atoms with Gasteiger partial charge in [-0.2, -0.15) is 0 Å². The van der Waals surface area contributed by atoms with Gasteiger partial charge in [-0.15, -0.1) is 0 Å². The van der Waals surface area contributed by atoms with E-state index in [1.807, 2.05) is 26.0 Å². The molecule has 0 unspecified atom stereocenters. The second-order valence-electron chi connectivity index (χ2n) is 2.88. The van der Waals surface area contributed by atoms with Crippen LogP contribution >= 0.6 is 0 Å². The lowest BCUT2D eigenvalue weighted by Gasteiger charge is -2.09. The van der Waals surface area contributed by atoms with E-state index in [0.717, 1.165) is 17.0 Å². The summed E-state index contributed by atoms with van der Waals surface area (Å²) in [6, 6.07) is 3.79. The highest BCUT2D eigenvalue weighted by molar-refractivity contribution is 5.65. The van der Waals surface area contributed by atoms with Crippen molar-refractivity contribution < 1.29 is 9.47 Å². The van der Waals surface area contributed by atoms with Gasteiger partial charge in [0.15, 0.2) is 11.5 Å². The first kappa shape index (κ1) is 10.6. The van der Waals surface area contributed by atoms with Crippen molar-refractivity contribution in [2.45, 2.75) is 13.8 Å². The molecule has 0 aliphatic carbocycles. The molecule has 0 spiro atoms. The molecule has 0 radical (unpaired) electrons. The van der Waals surface area contributed by atoms with Crippen molar-refractivity contribution in [3.63, 3.8) is 0 Å². The number of ether oxygens (including phenoxy) is 2. The van der Waals surface area contributed by atoms with Gasteiger partial charge in [0, 0.05) is 12.3 Å². The molecule has 0 aliphatic rings. The number of aliphatic imine (C=N–C) groups is 1. The van der Waals surface area contributed by atoms with Crippen LogP contribution in [0.15, 0.2) is 17.1 Å². The Balaban J connectivity index is 3.23. The first-order chi connectivity index (χ1) is 6.72. The average Bonchev–Trinajstić information content (AvgIpc) is 2.20. The number of nitrogens with zero attached hydrogens (tertiary/aromatic N) is 1. The summed E-state index contributed by atoms with van der Waals surface area (Å²) in [6.45, 7) is 3.88. The highest BCUT2D eigenvalue weighted by Crippen LogP contribution is 2.33. The van der Waals surface area contributed by atoms with Crippen molar-refractivity contribution in [1.29, 1.82) is 0 Å². The van der Waals surface area contributed by atoms with E-state index in [1.54, 1.807) is 20.4 Å². The molecule has 0 amide bonds. The normalized spacial score (nSPS) is 10.6. The Morgan fingerprint density at radius 1 is 1.14 bits per heavy atom. The summed E-state index contributed by atoms with van der Waals surface area (Å²) < 4.78 is 10.4. The number of hydrogen-bond donors (Lipinski definition) is 0. The van der Waals surface area contributed by atoms with Crippen molar-refractivity contribution in [2.75, 3.05) is 14.2 Å². The average molecular weight is 193 g/mol. The molecule has 0 heterocycles. The van der Waals surface area contributed by atoms with E-state index in [-0.39, 0.29) is 0 Å². The largest absolute Gasteiger partial charge is 0.493 e. The van der Waals surface area contributed by atoms with Crippen LogP contribution < -0.4 is 9.47 Å². The van der Waals surface area contributed by atoms with Crippen LogP contribution in [0.4, 0.5) is 5.69 Å². The topological polar surface area (TPSA) is 30.8 Å². The van der Waals surface area contributed by atoms with Gasteiger partial charge in [0.25, 0.3) is 0 Å². The lowest BCUT2D eigenvalue weighted by molar-refractivity contribution is 0.355. The van der Waals surface area contributed by atoms with Crippen LogP contribution in [0, 0.1) is 6.92 Å². The maximum absolute atomic E-state index is 5.18. The lowest BCUT2D eigenvalue weighted by Crippen LogP contribution is -1.91. The van der Waals surface area contributed by atoms with E-state index < -0.39 is 0 Å². The zero-order chi connectivity index (χ0) is 10.6. The minimum absolute atomic E-state index is 0.707. The predicted octanol–water partition coefficient (Wildman–Crippen LogP) is 2.73. The van der Waals surface area contributed by atoms with Gasteiger partial charge in [-0.25, -0.2) is 0 Å². The van der Waals surface area contributed by atoms with Crippen LogP contribution in [0.5, 0.6) is 11.5 Å². The Kier molecular flexibility index (Phi) is 3.51. The Hall–Kier alpha value is -1.51. The summed E-state index contributed by atoms with van der Waals surface area (Å²) in [7, 11) is 3.24.